The number of halogens is 2. The van der Waals surface area contributed by atoms with Crippen LogP contribution in [0.1, 0.15) is 18.4 Å². The summed E-state index contributed by atoms with van der Waals surface area (Å²) in [4.78, 5) is 14.7. The lowest BCUT2D eigenvalue weighted by molar-refractivity contribution is -0.126. The van der Waals surface area contributed by atoms with E-state index in [2.05, 4.69) is 16.3 Å². The number of carbonyl (C=O) groups is 1. The summed E-state index contributed by atoms with van der Waals surface area (Å²) in [6.45, 7) is 3.52. The molecule has 2 aromatic rings. The molecule has 1 amide bonds. The van der Waals surface area contributed by atoms with Crippen LogP contribution in [-0.4, -0.2) is 37.0 Å². The highest BCUT2D eigenvalue weighted by atomic mass is 35.5. The van der Waals surface area contributed by atoms with Crippen molar-refractivity contribution in [3.63, 3.8) is 0 Å². The van der Waals surface area contributed by atoms with Crippen molar-refractivity contribution in [2.75, 3.05) is 26.2 Å². The Bertz CT molecular complexity index is 761. The van der Waals surface area contributed by atoms with Crippen LogP contribution in [0.4, 0.5) is 0 Å². The third-order valence-corrected chi connectivity index (χ3v) is 5.49. The zero-order chi connectivity index (χ0) is 19.1. The van der Waals surface area contributed by atoms with Crippen LogP contribution in [0.2, 0.25) is 10.0 Å². The van der Waals surface area contributed by atoms with Gasteiger partial charge in [0.2, 0.25) is 5.91 Å². The fraction of sp³-hybridized carbons (Fsp3) is 0.381. The molecule has 1 N–H and O–H groups in total. The molecule has 1 fully saturated rings. The van der Waals surface area contributed by atoms with Gasteiger partial charge >= 0.3 is 0 Å². The zero-order valence-corrected chi connectivity index (χ0v) is 16.7. The number of benzene rings is 2. The van der Waals surface area contributed by atoms with Crippen molar-refractivity contribution >= 4 is 29.1 Å². The fourth-order valence-corrected chi connectivity index (χ4v) is 3.65. The standard InChI is InChI=1S/C21H24Cl2N2O2/c22-18-6-2-1-5-17(18)15-25-12-9-16(10-13-25)21(26)24-11-14-27-20-8-4-3-7-19(20)23/h1-8,16H,9-15H2,(H,24,26). The Kier molecular flexibility index (Phi) is 7.39. The first-order chi connectivity index (χ1) is 13.1. The van der Waals surface area contributed by atoms with Gasteiger partial charge in [-0.1, -0.05) is 53.5 Å². The minimum absolute atomic E-state index is 0.0628. The largest absolute Gasteiger partial charge is 0.490 e. The van der Waals surface area contributed by atoms with E-state index in [1.165, 1.54) is 0 Å². The first kappa shape index (κ1) is 20.0. The second kappa shape index (κ2) is 9.98. The molecule has 0 atom stereocenters. The summed E-state index contributed by atoms with van der Waals surface area (Å²) in [6.07, 6.45) is 1.73. The Morgan fingerprint density at radius 3 is 2.41 bits per heavy atom. The molecule has 1 saturated heterocycles. The van der Waals surface area contributed by atoms with Crippen molar-refractivity contribution in [1.82, 2.24) is 10.2 Å². The van der Waals surface area contributed by atoms with Crippen molar-refractivity contribution in [3.05, 3.63) is 64.1 Å². The number of likely N-dealkylation sites (tertiary alicyclic amines) is 1. The predicted octanol–water partition coefficient (Wildman–Crippen LogP) is 4.40. The van der Waals surface area contributed by atoms with Crippen molar-refractivity contribution < 1.29 is 9.53 Å². The van der Waals surface area contributed by atoms with Crippen LogP contribution in [0.15, 0.2) is 48.5 Å². The van der Waals surface area contributed by atoms with Crippen molar-refractivity contribution in [1.29, 1.82) is 0 Å². The van der Waals surface area contributed by atoms with E-state index in [9.17, 15) is 4.79 Å². The summed E-state index contributed by atoms with van der Waals surface area (Å²) in [6, 6.07) is 15.3. The van der Waals surface area contributed by atoms with Crippen LogP contribution < -0.4 is 10.1 Å². The molecule has 1 aliphatic rings. The monoisotopic (exact) mass is 406 g/mol. The molecule has 0 spiro atoms. The van der Waals surface area contributed by atoms with E-state index in [0.29, 0.717) is 23.9 Å². The van der Waals surface area contributed by atoms with E-state index in [1.54, 1.807) is 6.07 Å². The number of ether oxygens (including phenoxy) is 1. The Morgan fingerprint density at radius 2 is 1.70 bits per heavy atom. The molecular formula is C21H24Cl2N2O2. The van der Waals surface area contributed by atoms with E-state index >= 15 is 0 Å². The van der Waals surface area contributed by atoms with Crippen LogP contribution in [0.5, 0.6) is 5.75 Å². The molecule has 27 heavy (non-hydrogen) atoms. The van der Waals surface area contributed by atoms with Crippen LogP contribution in [0.3, 0.4) is 0 Å². The van der Waals surface area contributed by atoms with E-state index in [-0.39, 0.29) is 11.8 Å². The van der Waals surface area contributed by atoms with Crippen molar-refractivity contribution in [2.24, 2.45) is 5.92 Å². The van der Waals surface area contributed by atoms with Gasteiger partial charge < -0.3 is 10.1 Å². The van der Waals surface area contributed by atoms with Gasteiger partial charge in [-0.2, -0.15) is 0 Å². The molecule has 1 aliphatic heterocycles. The number of carbonyl (C=O) groups excluding carboxylic acids is 1. The summed E-state index contributed by atoms with van der Waals surface area (Å²) in [7, 11) is 0. The Hall–Kier alpha value is -1.75. The molecule has 0 radical (unpaired) electrons. The average Bonchev–Trinajstić information content (AvgIpc) is 2.69. The van der Waals surface area contributed by atoms with Crippen molar-refractivity contribution in [2.45, 2.75) is 19.4 Å². The van der Waals surface area contributed by atoms with E-state index in [0.717, 1.165) is 43.1 Å². The smallest absolute Gasteiger partial charge is 0.223 e. The number of hydrogen-bond donors (Lipinski definition) is 1. The summed E-state index contributed by atoms with van der Waals surface area (Å²) < 4.78 is 5.60. The molecule has 0 bridgehead atoms. The van der Waals surface area contributed by atoms with Gasteiger partial charge in [-0.3, -0.25) is 9.69 Å². The number of hydrogen-bond acceptors (Lipinski definition) is 3. The maximum absolute atomic E-state index is 12.4. The molecule has 3 rings (SSSR count). The molecule has 2 aromatic carbocycles. The first-order valence-electron chi connectivity index (χ1n) is 9.24. The van der Waals surface area contributed by atoms with Gasteiger partial charge in [-0.05, 0) is 49.7 Å². The summed E-state index contributed by atoms with van der Waals surface area (Å²) in [5, 5.41) is 4.35. The van der Waals surface area contributed by atoms with Gasteiger partial charge in [0, 0.05) is 17.5 Å². The topological polar surface area (TPSA) is 41.6 Å². The number of para-hydroxylation sites is 1. The lowest BCUT2D eigenvalue weighted by Crippen LogP contribution is -2.41. The fourth-order valence-electron chi connectivity index (χ4n) is 3.26. The molecular weight excluding hydrogens is 383 g/mol. The molecule has 0 aromatic heterocycles. The quantitative estimate of drug-likeness (QED) is 0.692. The van der Waals surface area contributed by atoms with Gasteiger partial charge in [-0.25, -0.2) is 0 Å². The highest BCUT2D eigenvalue weighted by molar-refractivity contribution is 6.32. The minimum Gasteiger partial charge on any atom is -0.490 e. The second-order valence-electron chi connectivity index (χ2n) is 6.71. The minimum atomic E-state index is 0.0628. The highest BCUT2D eigenvalue weighted by Gasteiger charge is 2.25. The molecule has 0 aliphatic carbocycles. The van der Waals surface area contributed by atoms with Crippen molar-refractivity contribution in [3.8, 4) is 5.75 Å². The average molecular weight is 407 g/mol. The third kappa shape index (κ3) is 5.86. The van der Waals surface area contributed by atoms with E-state index < -0.39 is 0 Å². The van der Waals surface area contributed by atoms with Gasteiger partial charge in [0.1, 0.15) is 12.4 Å². The van der Waals surface area contributed by atoms with Gasteiger partial charge in [0.15, 0.2) is 0 Å². The molecule has 144 valence electrons. The van der Waals surface area contributed by atoms with Crippen LogP contribution in [-0.2, 0) is 11.3 Å². The number of piperidine rings is 1. The highest BCUT2D eigenvalue weighted by Crippen LogP contribution is 2.23. The molecule has 0 unspecified atom stereocenters. The molecule has 0 saturated carbocycles. The van der Waals surface area contributed by atoms with Gasteiger partial charge in [-0.15, -0.1) is 0 Å². The molecule has 6 heteroatoms. The second-order valence-corrected chi connectivity index (χ2v) is 7.53. The van der Waals surface area contributed by atoms with Crippen LogP contribution >= 0.6 is 23.2 Å². The van der Waals surface area contributed by atoms with Crippen LogP contribution in [0.25, 0.3) is 0 Å². The number of amides is 1. The summed E-state index contributed by atoms with van der Waals surface area (Å²) in [5.41, 5.74) is 1.14. The molecule has 4 nitrogen and oxygen atoms in total. The van der Waals surface area contributed by atoms with Crippen LogP contribution in [0, 0.1) is 5.92 Å². The lowest BCUT2D eigenvalue weighted by Gasteiger charge is -2.31. The maximum Gasteiger partial charge on any atom is 0.223 e. The molecule has 1 heterocycles. The normalized spacial score (nSPS) is 15.5. The number of nitrogens with zero attached hydrogens (tertiary/aromatic N) is 1. The predicted molar refractivity (Wildman–Crippen MR) is 109 cm³/mol. The lowest BCUT2D eigenvalue weighted by atomic mass is 9.95. The maximum atomic E-state index is 12.4. The van der Waals surface area contributed by atoms with Gasteiger partial charge in [0.05, 0.1) is 11.6 Å². The summed E-state index contributed by atoms with van der Waals surface area (Å²) in [5.74, 6) is 0.809. The number of rotatable bonds is 7. The first-order valence-corrected chi connectivity index (χ1v) is 10.00. The SMILES string of the molecule is O=C(NCCOc1ccccc1Cl)C1CCN(Cc2ccccc2Cl)CC1. The Labute approximate surface area is 170 Å². The van der Waals surface area contributed by atoms with E-state index in [4.69, 9.17) is 27.9 Å². The van der Waals surface area contributed by atoms with E-state index in [1.807, 2.05) is 36.4 Å². The zero-order valence-electron chi connectivity index (χ0n) is 15.2. The number of nitrogens with one attached hydrogen (secondary N) is 1. The Morgan fingerprint density at radius 1 is 1.04 bits per heavy atom. The Balaban J connectivity index is 1.36. The third-order valence-electron chi connectivity index (χ3n) is 4.81. The van der Waals surface area contributed by atoms with Gasteiger partial charge in [0.25, 0.3) is 0 Å². The summed E-state index contributed by atoms with van der Waals surface area (Å²) >= 11 is 12.3.